The molecular formula is C23H15F3N2OS. The molecule has 0 saturated carbocycles. The summed E-state index contributed by atoms with van der Waals surface area (Å²) in [5.41, 5.74) is 2.61. The van der Waals surface area contributed by atoms with Crippen LogP contribution >= 0.6 is 12.2 Å². The average Bonchev–Trinajstić information content (AvgIpc) is 2.73. The van der Waals surface area contributed by atoms with Crippen LogP contribution in [0.15, 0.2) is 78.2 Å². The maximum Gasteiger partial charge on any atom is 0.208 e. The summed E-state index contributed by atoms with van der Waals surface area (Å²) < 4.78 is 47.4. The lowest BCUT2D eigenvalue weighted by atomic mass is 9.98. The highest BCUT2D eigenvalue weighted by atomic mass is 32.1. The molecule has 3 aromatic rings. The van der Waals surface area contributed by atoms with E-state index < -0.39 is 12.0 Å². The molecule has 30 heavy (non-hydrogen) atoms. The second kappa shape index (κ2) is 7.18. The van der Waals surface area contributed by atoms with Gasteiger partial charge in [-0.25, -0.2) is 13.2 Å². The van der Waals surface area contributed by atoms with Gasteiger partial charge in [0.05, 0.1) is 5.57 Å². The number of benzene rings is 3. The van der Waals surface area contributed by atoms with Gasteiger partial charge in [-0.3, -0.25) is 4.90 Å². The number of rotatable bonds is 2. The number of fused-ring (bicyclic) bond motifs is 1. The number of ether oxygens (including phenoxy) is 1. The van der Waals surface area contributed by atoms with E-state index in [9.17, 15) is 13.2 Å². The van der Waals surface area contributed by atoms with Crippen LogP contribution in [0.25, 0.3) is 0 Å². The Morgan fingerprint density at radius 1 is 0.900 bits per heavy atom. The summed E-state index contributed by atoms with van der Waals surface area (Å²) in [4.78, 5) is 2.23. The monoisotopic (exact) mass is 424 g/mol. The largest absolute Gasteiger partial charge is 0.440 e. The van der Waals surface area contributed by atoms with Crippen molar-refractivity contribution in [2.75, 3.05) is 4.90 Å². The van der Waals surface area contributed by atoms with E-state index in [-0.39, 0.29) is 11.6 Å². The molecule has 2 heterocycles. The van der Waals surface area contributed by atoms with Crippen molar-refractivity contribution in [2.45, 2.75) is 12.6 Å². The van der Waals surface area contributed by atoms with E-state index in [1.165, 1.54) is 36.4 Å². The predicted octanol–water partition coefficient (Wildman–Crippen LogP) is 5.39. The predicted molar refractivity (Wildman–Crippen MR) is 112 cm³/mol. The fourth-order valence-corrected chi connectivity index (χ4v) is 4.02. The molecule has 1 N–H and O–H groups in total. The minimum atomic E-state index is -0.541. The number of hydrogen-bond acceptors (Lipinski definition) is 3. The van der Waals surface area contributed by atoms with Crippen LogP contribution in [0.4, 0.5) is 18.9 Å². The zero-order valence-electron chi connectivity index (χ0n) is 15.5. The summed E-state index contributed by atoms with van der Waals surface area (Å²) in [6.45, 7) is 0. The molecule has 5 rings (SSSR count). The van der Waals surface area contributed by atoms with Gasteiger partial charge in [-0.1, -0.05) is 30.4 Å². The highest BCUT2D eigenvalue weighted by Crippen LogP contribution is 2.40. The smallest absolute Gasteiger partial charge is 0.208 e. The van der Waals surface area contributed by atoms with Gasteiger partial charge in [0.2, 0.25) is 5.88 Å². The van der Waals surface area contributed by atoms with Crippen molar-refractivity contribution in [1.29, 1.82) is 0 Å². The molecule has 0 radical (unpaired) electrons. The van der Waals surface area contributed by atoms with Gasteiger partial charge in [0.25, 0.3) is 0 Å². The Balaban J connectivity index is 1.67. The van der Waals surface area contributed by atoms with Crippen LogP contribution in [0.5, 0.6) is 5.75 Å². The van der Waals surface area contributed by atoms with Crippen molar-refractivity contribution < 1.29 is 17.9 Å². The molecule has 3 aromatic carbocycles. The maximum absolute atomic E-state index is 14.1. The summed E-state index contributed by atoms with van der Waals surface area (Å²) in [5, 5.41) is 3.25. The Hall–Kier alpha value is -3.32. The SMILES string of the molecule is Fc1ccc([C@H]2NC(=S)C3=C(Oc4ccc(F)cc4C3)N2c2cccc(F)c2)cc1. The van der Waals surface area contributed by atoms with Crippen LogP contribution in [-0.4, -0.2) is 4.99 Å². The van der Waals surface area contributed by atoms with Gasteiger partial charge in [0, 0.05) is 17.7 Å². The van der Waals surface area contributed by atoms with E-state index in [2.05, 4.69) is 5.32 Å². The van der Waals surface area contributed by atoms with E-state index in [1.54, 1.807) is 35.2 Å². The molecule has 0 spiro atoms. The highest BCUT2D eigenvalue weighted by Gasteiger charge is 2.37. The minimum Gasteiger partial charge on any atom is -0.440 e. The summed E-state index contributed by atoms with van der Waals surface area (Å²) in [7, 11) is 0. The zero-order valence-corrected chi connectivity index (χ0v) is 16.3. The second-order valence-corrected chi connectivity index (χ2v) is 7.50. The van der Waals surface area contributed by atoms with Gasteiger partial charge >= 0.3 is 0 Å². The van der Waals surface area contributed by atoms with E-state index in [4.69, 9.17) is 17.0 Å². The minimum absolute atomic E-state index is 0.359. The topological polar surface area (TPSA) is 24.5 Å². The van der Waals surface area contributed by atoms with Crippen molar-refractivity contribution in [3.63, 3.8) is 0 Å². The summed E-state index contributed by atoms with van der Waals surface area (Å²) in [5.74, 6) is -0.169. The molecule has 0 fully saturated rings. The van der Waals surface area contributed by atoms with E-state index >= 15 is 0 Å². The van der Waals surface area contributed by atoms with Crippen molar-refractivity contribution in [3.8, 4) is 5.75 Å². The number of nitrogens with one attached hydrogen (secondary N) is 1. The van der Waals surface area contributed by atoms with Crippen LogP contribution < -0.4 is 15.0 Å². The van der Waals surface area contributed by atoms with E-state index in [1.807, 2.05) is 0 Å². The normalized spacial score (nSPS) is 17.8. The van der Waals surface area contributed by atoms with E-state index in [0.717, 1.165) is 5.56 Å². The molecule has 0 amide bonds. The molecule has 0 aliphatic carbocycles. The molecule has 0 bridgehead atoms. The molecule has 150 valence electrons. The number of nitrogens with zero attached hydrogens (tertiary/aromatic N) is 1. The van der Waals surface area contributed by atoms with Crippen LogP contribution in [-0.2, 0) is 6.42 Å². The fraction of sp³-hybridized carbons (Fsp3) is 0.0870. The molecule has 3 nitrogen and oxygen atoms in total. The Kier molecular flexibility index (Phi) is 4.47. The third-order valence-electron chi connectivity index (χ3n) is 5.15. The van der Waals surface area contributed by atoms with Gasteiger partial charge in [-0.05, 0) is 54.1 Å². The molecule has 7 heteroatoms. The van der Waals surface area contributed by atoms with Gasteiger partial charge < -0.3 is 10.1 Å². The lowest BCUT2D eigenvalue weighted by Gasteiger charge is -2.42. The molecule has 0 saturated heterocycles. The number of thiocarbonyl (C=S) groups is 1. The van der Waals surface area contributed by atoms with Crippen LogP contribution in [0.2, 0.25) is 0 Å². The summed E-state index contributed by atoms with van der Waals surface area (Å²) in [6, 6.07) is 16.4. The molecule has 0 unspecified atom stereocenters. The first-order valence-corrected chi connectivity index (χ1v) is 9.71. The Bertz CT molecular complexity index is 1190. The second-order valence-electron chi connectivity index (χ2n) is 7.09. The number of hydrogen-bond donors (Lipinski definition) is 1. The van der Waals surface area contributed by atoms with Crippen LogP contribution in [0.3, 0.4) is 0 Å². The first-order valence-electron chi connectivity index (χ1n) is 9.30. The quantitative estimate of drug-likeness (QED) is 0.558. The highest BCUT2D eigenvalue weighted by molar-refractivity contribution is 7.80. The van der Waals surface area contributed by atoms with Gasteiger partial charge in [-0.2, -0.15) is 0 Å². The van der Waals surface area contributed by atoms with E-state index in [0.29, 0.717) is 39.9 Å². The van der Waals surface area contributed by atoms with Crippen molar-refractivity contribution in [2.24, 2.45) is 0 Å². The van der Waals surface area contributed by atoms with Gasteiger partial charge in [-0.15, -0.1) is 0 Å². The Labute approximate surface area is 176 Å². The molecule has 2 aliphatic rings. The number of anilines is 1. The standard InChI is InChI=1S/C23H15F3N2OS/c24-15-6-4-13(5-7-15)21-27-22(30)19-11-14-10-17(26)8-9-20(14)29-23(19)28(21)18-3-1-2-16(25)12-18/h1-10,12,21H,11H2,(H,27,30)/t21-/m0/s1. The number of halogens is 3. The molecule has 2 aliphatic heterocycles. The Morgan fingerprint density at radius 2 is 1.63 bits per heavy atom. The van der Waals surface area contributed by atoms with Crippen LogP contribution in [0, 0.1) is 17.5 Å². The fourth-order valence-electron chi connectivity index (χ4n) is 3.75. The summed E-state index contributed by atoms with van der Waals surface area (Å²) >= 11 is 5.58. The lowest BCUT2D eigenvalue weighted by Crippen LogP contribution is -2.49. The molecular weight excluding hydrogens is 409 g/mol. The molecule has 1 atom stereocenters. The maximum atomic E-state index is 14.1. The van der Waals surface area contributed by atoms with Gasteiger partial charge in [0.1, 0.15) is 34.4 Å². The van der Waals surface area contributed by atoms with Crippen molar-refractivity contribution in [1.82, 2.24) is 5.32 Å². The third-order valence-corrected chi connectivity index (χ3v) is 5.51. The third kappa shape index (κ3) is 3.21. The first kappa shape index (κ1) is 18.7. The van der Waals surface area contributed by atoms with Crippen molar-refractivity contribution in [3.05, 3.63) is 107 Å². The zero-order chi connectivity index (χ0) is 20.8. The average molecular weight is 424 g/mol. The summed E-state index contributed by atoms with van der Waals surface area (Å²) in [6.07, 6.45) is -0.170. The Morgan fingerprint density at radius 3 is 2.40 bits per heavy atom. The first-order chi connectivity index (χ1) is 14.5. The van der Waals surface area contributed by atoms with Crippen molar-refractivity contribution >= 4 is 22.9 Å². The van der Waals surface area contributed by atoms with Crippen LogP contribution in [0.1, 0.15) is 17.3 Å². The lowest BCUT2D eigenvalue weighted by molar-refractivity contribution is 0.358. The van der Waals surface area contributed by atoms with Gasteiger partial charge in [0.15, 0.2) is 0 Å². The molecule has 0 aromatic heterocycles.